The molecule has 0 unspecified atom stereocenters. The third-order valence-corrected chi connectivity index (χ3v) is 4.63. The minimum Gasteiger partial charge on any atom is -0.449 e. The number of nitrogens with one attached hydrogen (secondary N) is 1. The molecule has 4 nitrogen and oxygen atoms in total. The zero-order valence-electron chi connectivity index (χ0n) is 14.6. The Morgan fingerprint density at radius 2 is 1.84 bits per heavy atom. The maximum absolute atomic E-state index is 12.5. The molecule has 0 bridgehead atoms. The fourth-order valence-corrected chi connectivity index (χ4v) is 3.16. The molecule has 0 spiro atoms. The SMILES string of the molecule is Cc1ccc(C(=O)O[C@H](C)C(=O)N[C@@H]2CCCc3ccccc32)cc1. The lowest BCUT2D eigenvalue weighted by atomic mass is 9.87. The average molecular weight is 337 g/mol. The predicted molar refractivity (Wildman–Crippen MR) is 96.3 cm³/mol. The van der Waals surface area contributed by atoms with Gasteiger partial charge in [-0.25, -0.2) is 4.79 Å². The van der Waals surface area contributed by atoms with E-state index in [2.05, 4.69) is 17.4 Å². The van der Waals surface area contributed by atoms with Crippen LogP contribution in [0.5, 0.6) is 0 Å². The third kappa shape index (κ3) is 4.08. The summed E-state index contributed by atoms with van der Waals surface area (Å²) in [5.74, 6) is -0.742. The van der Waals surface area contributed by atoms with Gasteiger partial charge >= 0.3 is 5.97 Å². The molecule has 2 aromatic rings. The van der Waals surface area contributed by atoms with Gasteiger partial charge in [0.1, 0.15) is 0 Å². The largest absolute Gasteiger partial charge is 0.449 e. The van der Waals surface area contributed by atoms with Crippen molar-refractivity contribution in [3.63, 3.8) is 0 Å². The molecular weight excluding hydrogens is 314 g/mol. The summed E-state index contributed by atoms with van der Waals surface area (Å²) < 4.78 is 5.32. The Kier molecular flexibility index (Phi) is 5.17. The van der Waals surface area contributed by atoms with E-state index in [0.29, 0.717) is 5.56 Å². The van der Waals surface area contributed by atoms with E-state index in [0.717, 1.165) is 24.8 Å². The van der Waals surface area contributed by atoms with Gasteiger partial charge in [-0.05, 0) is 56.4 Å². The highest BCUT2D eigenvalue weighted by atomic mass is 16.5. The number of rotatable bonds is 4. The van der Waals surface area contributed by atoms with E-state index in [-0.39, 0.29) is 11.9 Å². The summed E-state index contributed by atoms with van der Waals surface area (Å²) in [6.45, 7) is 3.56. The van der Waals surface area contributed by atoms with E-state index in [1.807, 2.05) is 31.2 Å². The smallest absolute Gasteiger partial charge is 0.338 e. The number of benzene rings is 2. The summed E-state index contributed by atoms with van der Waals surface area (Å²) in [7, 11) is 0. The Morgan fingerprint density at radius 3 is 2.60 bits per heavy atom. The van der Waals surface area contributed by atoms with Gasteiger partial charge < -0.3 is 10.1 Å². The summed E-state index contributed by atoms with van der Waals surface area (Å²) in [6, 6.07) is 15.3. The summed E-state index contributed by atoms with van der Waals surface area (Å²) >= 11 is 0. The molecule has 0 fully saturated rings. The first-order valence-corrected chi connectivity index (χ1v) is 8.70. The number of hydrogen-bond donors (Lipinski definition) is 1. The van der Waals surface area contributed by atoms with Crippen LogP contribution in [0.3, 0.4) is 0 Å². The van der Waals surface area contributed by atoms with Crippen LogP contribution in [0.1, 0.15) is 52.9 Å². The van der Waals surface area contributed by atoms with E-state index in [1.54, 1.807) is 19.1 Å². The van der Waals surface area contributed by atoms with Crippen LogP contribution < -0.4 is 5.32 Å². The quantitative estimate of drug-likeness (QED) is 0.865. The molecule has 0 aliphatic heterocycles. The number of carbonyl (C=O) groups excluding carboxylic acids is 2. The van der Waals surface area contributed by atoms with Gasteiger partial charge in [0.15, 0.2) is 6.10 Å². The van der Waals surface area contributed by atoms with E-state index in [1.165, 1.54) is 11.1 Å². The first kappa shape index (κ1) is 17.2. The van der Waals surface area contributed by atoms with E-state index < -0.39 is 12.1 Å². The zero-order chi connectivity index (χ0) is 17.8. The lowest BCUT2D eigenvalue weighted by Crippen LogP contribution is -2.39. The van der Waals surface area contributed by atoms with Crippen LogP contribution in [0.2, 0.25) is 0 Å². The van der Waals surface area contributed by atoms with Crippen LogP contribution >= 0.6 is 0 Å². The Hall–Kier alpha value is -2.62. The van der Waals surface area contributed by atoms with Crippen LogP contribution in [0.25, 0.3) is 0 Å². The third-order valence-electron chi connectivity index (χ3n) is 4.63. The second-order valence-corrected chi connectivity index (χ2v) is 6.57. The first-order chi connectivity index (χ1) is 12.0. The highest BCUT2D eigenvalue weighted by Gasteiger charge is 2.25. The number of hydrogen-bond acceptors (Lipinski definition) is 3. The van der Waals surface area contributed by atoms with Gasteiger partial charge in [0.25, 0.3) is 5.91 Å². The number of amides is 1. The topological polar surface area (TPSA) is 55.4 Å². The molecule has 0 heterocycles. The minimum absolute atomic E-state index is 0.0158. The Bertz CT molecular complexity index is 767. The van der Waals surface area contributed by atoms with Gasteiger partial charge in [-0.3, -0.25) is 4.79 Å². The van der Waals surface area contributed by atoms with Crippen molar-refractivity contribution in [1.29, 1.82) is 0 Å². The van der Waals surface area contributed by atoms with Gasteiger partial charge in [-0.2, -0.15) is 0 Å². The molecule has 1 N–H and O–H groups in total. The second-order valence-electron chi connectivity index (χ2n) is 6.57. The summed E-state index contributed by atoms with van der Waals surface area (Å²) in [4.78, 5) is 24.6. The second kappa shape index (κ2) is 7.51. The minimum atomic E-state index is -0.831. The lowest BCUT2D eigenvalue weighted by molar-refractivity contribution is -0.130. The van der Waals surface area contributed by atoms with Crippen molar-refractivity contribution in [1.82, 2.24) is 5.32 Å². The maximum Gasteiger partial charge on any atom is 0.338 e. The fourth-order valence-electron chi connectivity index (χ4n) is 3.16. The molecule has 0 radical (unpaired) electrons. The van der Waals surface area contributed by atoms with Crippen LogP contribution in [-0.4, -0.2) is 18.0 Å². The number of esters is 1. The molecule has 1 amide bonds. The Morgan fingerprint density at radius 1 is 1.12 bits per heavy atom. The van der Waals surface area contributed by atoms with Gasteiger partial charge in [0.2, 0.25) is 0 Å². The lowest BCUT2D eigenvalue weighted by Gasteiger charge is -2.27. The monoisotopic (exact) mass is 337 g/mol. The molecular formula is C21H23NO3. The molecule has 2 aromatic carbocycles. The molecule has 1 aliphatic carbocycles. The first-order valence-electron chi connectivity index (χ1n) is 8.70. The highest BCUT2D eigenvalue weighted by molar-refractivity contribution is 5.92. The molecule has 0 saturated heterocycles. The van der Waals surface area contributed by atoms with Crippen LogP contribution in [0.4, 0.5) is 0 Å². The van der Waals surface area contributed by atoms with E-state index in [9.17, 15) is 9.59 Å². The van der Waals surface area contributed by atoms with Gasteiger partial charge in [0.05, 0.1) is 11.6 Å². The number of ether oxygens (including phenoxy) is 1. The van der Waals surface area contributed by atoms with Crippen molar-refractivity contribution in [3.05, 3.63) is 70.8 Å². The maximum atomic E-state index is 12.5. The summed E-state index contributed by atoms with van der Waals surface area (Å²) in [6.07, 6.45) is 2.16. The van der Waals surface area contributed by atoms with E-state index >= 15 is 0 Å². The normalized spacial score (nSPS) is 17.3. The van der Waals surface area contributed by atoms with Crippen LogP contribution in [0, 0.1) is 6.92 Å². The summed E-state index contributed by atoms with van der Waals surface area (Å²) in [5.41, 5.74) is 3.97. The average Bonchev–Trinajstić information content (AvgIpc) is 2.62. The molecule has 3 rings (SSSR count). The predicted octanol–water partition coefficient (Wildman–Crippen LogP) is 3.73. The van der Waals surface area contributed by atoms with Gasteiger partial charge in [-0.15, -0.1) is 0 Å². The van der Waals surface area contributed by atoms with Crippen molar-refractivity contribution >= 4 is 11.9 Å². The highest BCUT2D eigenvalue weighted by Crippen LogP contribution is 2.29. The van der Waals surface area contributed by atoms with Crippen molar-refractivity contribution in [2.75, 3.05) is 0 Å². The van der Waals surface area contributed by atoms with Crippen molar-refractivity contribution in [2.45, 2.75) is 45.3 Å². The van der Waals surface area contributed by atoms with Crippen molar-refractivity contribution in [2.24, 2.45) is 0 Å². The van der Waals surface area contributed by atoms with Crippen molar-refractivity contribution in [3.8, 4) is 0 Å². The van der Waals surface area contributed by atoms with Crippen molar-refractivity contribution < 1.29 is 14.3 Å². The molecule has 4 heteroatoms. The Balaban J connectivity index is 1.62. The van der Waals surface area contributed by atoms with Gasteiger partial charge in [0, 0.05) is 0 Å². The van der Waals surface area contributed by atoms with E-state index in [4.69, 9.17) is 4.74 Å². The Labute approximate surface area is 148 Å². The molecule has 130 valence electrons. The molecule has 0 aromatic heterocycles. The summed E-state index contributed by atoms with van der Waals surface area (Å²) in [5, 5.41) is 3.02. The fraction of sp³-hybridized carbons (Fsp3) is 0.333. The standard InChI is InChI=1S/C21H23NO3/c1-14-10-12-17(13-11-14)21(24)25-15(2)20(23)22-19-9-5-7-16-6-3-4-8-18(16)19/h3-4,6,8,10-13,15,19H,5,7,9H2,1-2H3,(H,22,23)/t15-,19-/m1/s1. The molecule has 1 aliphatic rings. The number of fused-ring (bicyclic) bond motifs is 1. The number of aryl methyl sites for hydroxylation is 2. The molecule has 2 atom stereocenters. The molecule has 0 saturated carbocycles. The van der Waals surface area contributed by atoms with Crippen LogP contribution in [-0.2, 0) is 16.0 Å². The molecule has 25 heavy (non-hydrogen) atoms. The zero-order valence-corrected chi connectivity index (χ0v) is 14.6. The van der Waals surface area contributed by atoms with Crippen LogP contribution in [0.15, 0.2) is 48.5 Å². The number of carbonyl (C=O) groups is 2. The van der Waals surface area contributed by atoms with Gasteiger partial charge in [-0.1, -0.05) is 42.0 Å².